The van der Waals surface area contributed by atoms with E-state index in [1.165, 1.54) is 24.1 Å². The summed E-state index contributed by atoms with van der Waals surface area (Å²) in [6.07, 6.45) is -1.14. The Hall–Kier alpha value is -2.15. The van der Waals surface area contributed by atoms with E-state index in [4.69, 9.17) is 4.74 Å². The largest absolute Gasteiger partial charge is 0.453 e. The van der Waals surface area contributed by atoms with Gasteiger partial charge in [0.15, 0.2) is 17.5 Å². The Kier molecular flexibility index (Phi) is 9.49. The van der Waals surface area contributed by atoms with Gasteiger partial charge in [-0.15, -0.1) is 24.0 Å². The molecule has 32 heavy (non-hydrogen) atoms. The molecule has 1 saturated heterocycles. The van der Waals surface area contributed by atoms with Crippen LogP contribution in [-0.4, -0.2) is 66.2 Å². The van der Waals surface area contributed by atoms with Gasteiger partial charge in [-0.3, -0.25) is 14.9 Å². The number of halogens is 5. The molecule has 176 valence electrons. The van der Waals surface area contributed by atoms with Crippen molar-refractivity contribution < 1.29 is 22.3 Å². The summed E-state index contributed by atoms with van der Waals surface area (Å²) in [6, 6.07) is 6.55. The maximum absolute atomic E-state index is 14.4. The van der Waals surface area contributed by atoms with E-state index in [1.54, 1.807) is 37.5 Å². The van der Waals surface area contributed by atoms with Crippen molar-refractivity contribution in [3.63, 3.8) is 0 Å². The smallest absolute Gasteiger partial charge is 0.403 e. The summed E-state index contributed by atoms with van der Waals surface area (Å²) in [4.78, 5) is 11.4. The molecule has 1 atom stereocenters. The normalized spacial score (nSPS) is 16.3. The summed E-state index contributed by atoms with van der Waals surface area (Å²) in [6.45, 7) is 2.92. The summed E-state index contributed by atoms with van der Waals surface area (Å²) in [5.74, 6) is 0.589. The molecule has 3 rings (SSSR count). The molecule has 1 fully saturated rings. The lowest BCUT2D eigenvalue weighted by molar-refractivity contribution is -0.181. The Morgan fingerprint density at radius 3 is 2.50 bits per heavy atom. The van der Waals surface area contributed by atoms with Crippen molar-refractivity contribution in [1.29, 1.82) is 0 Å². The van der Waals surface area contributed by atoms with Crippen LogP contribution < -0.4 is 10.1 Å². The number of benzene rings is 1. The molecule has 1 N–H and O–H groups in total. The van der Waals surface area contributed by atoms with Crippen LogP contribution in [0.3, 0.4) is 0 Å². The highest BCUT2D eigenvalue weighted by Crippen LogP contribution is 2.26. The zero-order valence-electron chi connectivity index (χ0n) is 17.8. The minimum absolute atomic E-state index is 0. The van der Waals surface area contributed by atoms with Crippen LogP contribution in [0.25, 0.3) is 0 Å². The summed E-state index contributed by atoms with van der Waals surface area (Å²) >= 11 is 0. The van der Waals surface area contributed by atoms with E-state index in [1.807, 2.05) is 4.90 Å². The number of guanidine groups is 1. The lowest BCUT2D eigenvalue weighted by Gasteiger charge is -2.39. The minimum Gasteiger partial charge on any atom is -0.453 e. The zero-order chi connectivity index (χ0) is 22.4. The SMILES string of the molecule is CN=C(NCc1ccc(Oc2cccnc2)c(F)c1)N1CCN(C(C)C(F)(F)F)CC1.I. The molecule has 11 heteroatoms. The number of rotatable bonds is 5. The monoisotopic (exact) mass is 567 g/mol. The lowest BCUT2D eigenvalue weighted by Crippen LogP contribution is -2.56. The second kappa shape index (κ2) is 11.6. The van der Waals surface area contributed by atoms with Crippen molar-refractivity contribution in [2.75, 3.05) is 33.2 Å². The molecule has 0 spiro atoms. The van der Waals surface area contributed by atoms with Crippen LogP contribution >= 0.6 is 24.0 Å². The van der Waals surface area contributed by atoms with Crippen molar-refractivity contribution in [3.8, 4) is 11.5 Å². The van der Waals surface area contributed by atoms with Gasteiger partial charge in [0.1, 0.15) is 11.8 Å². The molecule has 0 radical (unpaired) electrons. The van der Waals surface area contributed by atoms with E-state index in [0.717, 1.165) is 0 Å². The number of hydrogen-bond acceptors (Lipinski definition) is 4. The fourth-order valence-corrected chi connectivity index (χ4v) is 3.31. The predicted octanol–water partition coefficient (Wildman–Crippen LogP) is 4.27. The molecule has 0 bridgehead atoms. The van der Waals surface area contributed by atoms with Gasteiger partial charge in [-0.2, -0.15) is 13.2 Å². The summed E-state index contributed by atoms with van der Waals surface area (Å²) in [5, 5.41) is 3.14. The van der Waals surface area contributed by atoms with Crippen molar-refractivity contribution in [1.82, 2.24) is 20.1 Å². The number of hydrogen-bond donors (Lipinski definition) is 1. The van der Waals surface area contributed by atoms with Gasteiger partial charge >= 0.3 is 6.18 Å². The molecule has 2 heterocycles. The number of aliphatic imine (C=N–C) groups is 1. The number of ether oxygens (including phenoxy) is 1. The van der Waals surface area contributed by atoms with E-state index in [0.29, 0.717) is 36.9 Å². The van der Waals surface area contributed by atoms with Gasteiger partial charge in [-0.25, -0.2) is 4.39 Å². The van der Waals surface area contributed by atoms with E-state index >= 15 is 0 Å². The van der Waals surface area contributed by atoms with Crippen LogP contribution in [0.1, 0.15) is 12.5 Å². The van der Waals surface area contributed by atoms with E-state index in [-0.39, 0.29) is 42.8 Å². The lowest BCUT2D eigenvalue weighted by atomic mass is 10.2. The van der Waals surface area contributed by atoms with Crippen LogP contribution in [0.2, 0.25) is 0 Å². The summed E-state index contributed by atoms with van der Waals surface area (Å²) in [7, 11) is 1.61. The number of nitrogens with zero attached hydrogens (tertiary/aromatic N) is 4. The molecule has 1 aromatic carbocycles. The fourth-order valence-electron chi connectivity index (χ4n) is 3.31. The molecule has 0 aliphatic carbocycles. The molecule has 0 saturated carbocycles. The van der Waals surface area contributed by atoms with Gasteiger partial charge in [-0.05, 0) is 36.8 Å². The van der Waals surface area contributed by atoms with Gasteiger partial charge in [-0.1, -0.05) is 6.07 Å². The minimum atomic E-state index is -4.24. The molecule has 1 aliphatic heterocycles. The topological polar surface area (TPSA) is 53.0 Å². The first-order valence-electron chi connectivity index (χ1n) is 9.90. The highest BCUT2D eigenvalue weighted by Gasteiger charge is 2.41. The third-order valence-electron chi connectivity index (χ3n) is 5.16. The van der Waals surface area contributed by atoms with Crippen molar-refractivity contribution in [3.05, 3.63) is 54.1 Å². The maximum Gasteiger partial charge on any atom is 0.403 e. The average Bonchev–Trinajstić information content (AvgIpc) is 2.76. The Morgan fingerprint density at radius 1 is 1.22 bits per heavy atom. The van der Waals surface area contributed by atoms with Crippen molar-refractivity contribution in [2.45, 2.75) is 25.7 Å². The maximum atomic E-state index is 14.4. The van der Waals surface area contributed by atoms with Gasteiger partial charge < -0.3 is 15.0 Å². The first kappa shape index (κ1) is 26.1. The van der Waals surface area contributed by atoms with Crippen LogP contribution in [0.15, 0.2) is 47.7 Å². The third kappa shape index (κ3) is 6.92. The quantitative estimate of drug-likeness (QED) is 0.253. The average molecular weight is 567 g/mol. The number of aromatic nitrogens is 1. The standard InChI is InChI=1S/C21H25F4N5O.HI/c1-15(21(23,24)25)29-8-10-30(11-9-29)20(26-2)28-13-16-5-6-19(18(22)12-16)31-17-4-3-7-27-14-17;/h3-7,12,14-15H,8-11,13H2,1-2H3,(H,26,28);1H. The first-order chi connectivity index (χ1) is 14.8. The second-order valence-corrected chi connectivity index (χ2v) is 7.20. The van der Waals surface area contributed by atoms with Crippen LogP contribution in [0.5, 0.6) is 11.5 Å². The number of nitrogens with one attached hydrogen (secondary N) is 1. The van der Waals surface area contributed by atoms with Crippen LogP contribution in [-0.2, 0) is 6.54 Å². The van der Waals surface area contributed by atoms with Crippen molar-refractivity contribution >= 4 is 29.9 Å². The zero-order valence-corrected chi connectivity index (χ0v) is 20.1. The molecule has 0 amide bonds. The van der Waals surface area contributed by atoms with Gasteiger partial charge in [0.2, 0.25) is 0 Å². The number of piperazine rings is 1. The first-order valence-corrected chi connectivity index (χ1v) is 9.90. The molecule has 2 aromatic rings. The molecule has 1 unspecified atom stereocenters. The third-order valence-corrected chi connectivity index (χ3v) is 5.16. The van der Waals surface area contributed by atoms with E-state index in [2.05, 4.69) is 15.3 Å². The molecular weight excluding hydrogens is 541 g/mol. The Balaban J connectivity index is 0.00000363. The van der Waals surface area contributed by atoms with Crippen LogP contribution in [0, 0.1) is 5.82 Å². The highest BCUT2D eigenvalue weighted by atomic mass is 127. The Bertz CT molecular complexity index is 890. The molecular formula is C21H26F4IN5O. The van der Waals surface area contributed by atoms with Gasteiger partial charge in [0, 0.05) is 46.0 Å². The van der Waals surface area contributed by atoms with E-state index in [9.17, 15) is 17.6 Å². The van der Waals surface area contributed by atoms with Gasteiger partial charge in [0.25, 0.3) is 0 Å². The second-order valence-electron chi connectivity index (χ2n) is 7.20. The van der Waals surface area contributed by atoms with Gasteiger partial charge in [0.05, 0.1) is 6.20 Å². The Labute approximate surface area is 201 Å². The summed E-state index contributed by atoms with van der Waals surface area (Å²) < 4.78 is 58.6. The molecule has 1 aliphatic rings. The number of alkyl halides is 3. The fraction of sp³-hybridized carbons (Fsp3) is 0.429. The predicted molar refractivity (Wildman–Crippen MR) is 125 cm³/mol. The Morgan fingerprint density at radius 2 is 1.94 bits per heavy atom. The van der Waals surface area contributed by atoms with E-state index < -0.39 is 18.0 Å². The van der Waals surface area contributed by atoms with Crippen LogP contribution in [0.4, 0.5) is 17.6 Å². The summed E-state index contributed by atoms with van der Waals surface area (Å²) in [5.41, 5.74) is 0.682. The van der Waals surface area contributed by atoms with Crippen molar-refractivity contribution in [2.24, 2.45) is 4.99 Å². The molecule has 1 aromatic heterocycles. The highest BCUT2D eigenvalue weighted by molar-refractivity contribution is 14.0. The number of pyridine rings is 1. The molecule has 6 nitrogen and oxygen atoms in total.